The van der Waals surface area contributed by atoms with Crippen LogP contribution in [-0.2, 0) is 6.42 Å². The van der Waals surface area contributed by atoms with Gasteiger partial charge in [-0.05, 0) is 38.3 Å². The summed E-state index contributed by atoms with van der Waals surface area (Å²) in [7, 11) is 0. The molecule has 0 saturated carbocycles. The Morgan fingerprint density at radius 3 is 2.44 bits per heavy atom. The van der Waals surface area contributed by atoms with Gasteiger partial charge in [0.15, 0.2) is 0 Å². The van der Waals surface area contributed by atoms with E-state index in [1.165, 1.54) is 0 Å². The summed E-state index contributed by atoms with van der Waals surface area (Å²) in [5, 5.41) is 4.35. The van der Waals surface area contributed by atoms with Crippen LogP contribution in [0.5, 0.6) is 0 Å². The van der Waals surface area contributed by atoms with Gasteiger partial charge < -0.3 is 5.73 Å². The number of hydrogen-bond acceptors (Lipinski definition) is 4. The Labute approximate surface area is 107 Å². The first kappa shape index (κ1) is 12.7. The van der Waals surface area contributed by atoms with E-state index in [2.05, 4.69) is 22.0 Å². The van der Waals surface area contributed by atoms with Crippen molar-refractivity contribution in [1.82, 2.24) is 19.7 Å². The lowest BCUT2D eigenvalue weighted by atomic mass is 10.1. The van der Waals surface area contributed by atoms with Crippen LogP contribution in [0.3, 0.4) is 0 Å². The van der Waals surface area contributed by atoms with Crippen molar-refractivity contribution in [3.63, 3.8) is 0 Å². The fourth-order valence-corrected chi connectivity index (χ4v) is 1.84. The molecule has 0 aliphatic carbocycles. The van der Waals surface area contributed by atoms with Crippen LogP contribution in [0.1, 0.15) is 30.3 Å². The van der Waals surface area contributed by atoms with E-state index in [1.54, 1.807) is 4.68 Å². The molecule has 0 saturated heterocycles. The first-order valence-corrected chi connectivity index (χ1v) is 6.20. The van der Waals surface area contributed by atoms with Gasteiger partial charge in [-0.15, -0.1) is 0 Å². The van der Waals surface area contributed by atoms with Crippen molar-refractivity contribution in [2.45, 2.75) is 39.7 Å². The highest BCUT2D eigenvalue weighted by atomic mass is 15.3. The molecule has 2 rings (SSSR count). The second kappa shape index (κ2) is 5.27. The summed E-state index contributed by atoms with van der Waals surface area (Å²) >= 11 is 0. The molecule has 96 valence electrons. The lowest BCUT2D eigenvalue weighted by molar-refractivity contribution is 0.641. The molecule has 0 aromatic carbocycles. The molecular formula is C13H19N5. The minimum absolute atomic E-state index is 0.174. The second-order valence-corrected chi connectivity index (χ2v) is 4.60. The third-order valence-corrected chi connectivity index (χ3v) is 2.91. The van der Waals surface area contributed by atoms with Gasteiger partial charge in [0.05, 0.1) is 5.69 Å². The van der Waals surface area contributed by atoms with Gasteiger partial charge >= 0.3 is 0 Å². The number of nitrogens with two attached hydrogens (primary N) is 1. The van der Waals surface area contributed by atoms with Gasteiger partial charge in [0.1, 0.15) is 0 Å². The van der Waals surface area contributed by atoms with E-state index >= 15 is 0 Å². The summed E-state index contributed by atoms with van der Waals surface area (Å²) < 4.78 is 1.75. The quantitative estimate of drug-likeness (QED) is 0.887. The van der Waals surface area contributed by atoms with Gasteiger partial charge in [0, 0.05) is 24.1 Å². The summed E-state index contributed by atoms with van der Waals surface area (Å²) in [6.07, 6.45) is 5.43. The Morgan fingerprint density at radius 1 is 1.28 bits per heavy atom. The minimum Gasteiger partial charge on any atom is -0.327 e. The molecule has 2 aromatic heterocycles. The zero-order valence-electron chi connectivity index (χ0n) is 11.1. The van der Waals surface area contributed by atoms with Crippen molar-refractivity contribution in [3.05, 3.63) is 35.4 Å². The van der Waals surface area contributed by atoms with E-state index < -0.39 is 0 Å². The molecule has 0 radical (unpaired) electrons. The molecule has 0 spiro atoms. The summed E-state index contributed by atoms with van der Waals surface area (Å²) in [5.74, 6) is 0.606. The first-order valence-electron chi connectivity index (χ1n) is 6.20. The Bertz CT molecular complexity index is 515. The number of aryl methyl sites for hydroxylation is 2. The molecule has 0 aliphatic heterocycles. The topological polar surface area (TPSA) is 69.6 Å². The maximum absolute atomic E-state index is 5.91. The zero-order chi connectivity index (χ0) is 13.1. The molecule has 5 nitrogen and oxygen atoms in total. The zero-order valence-corrected chi connectivity index (χ0v) is 11.1. The van der Waals surface area contributed by atoms with Crippen molar-refractivity contribution in [2.24, 2.45) is 5.73 Å². The summed E-state index contributed by atoms with van der Waals surface area (Å²) in [5.41, 5.74) is 8.97. The van der Waals surface area contributed by atoms with Gasteiger partial charge in [-0.2, -0.15) is 5.10 Å². The van der Waals surface area contributed by atoms with E-state index in [-0.39, 0.29) is 6.04 Å². The Hall–Kier alpha value is -1.75. The molecule has 0 bridgehead atoms. The molecule has 18 heavy (non-hydrogen) atoms. The third-order valence-electron chi connectivity index (χ3n) is 2.91. The smallest absolute Gasteiger partial charge is 0.250 e. The molecule has 2 N–H and O–H groups in total. The van der Waals surface area contributed by atoms with Crippen molar-refractivity contribution >= 4 is 0 Å². The molecule has 0 amide bonds. The van der Waals surface area contributed by atoms with Gasteiger partial charge in [-0.1, -0.05) is 6.92 Å². The standard InChI is InChI=1S/C13H19N5/c1-4-12(14)6-11-7-15-13(16-8-11)18-10(3)5-9(2)17-18/h5,7-8,12H,4,6,14H2,1-3H3. The Balaban J connectivity index is 2.19. The molecule has 5 heteroatoms. The normalized spacial score (nSPS) is 12.7. The van der Waals surface area contributed by atoms with Crippen LogP contribution in [0.25, 0.3) is 5.95 Å². The summed E-state index contributed by atoms with van der Waals surface area (Å²) in [4.78, 5) is 8.69. The van der Waals surface area contributed by atoms with Gasteiger partial charge in [-0.3, -0.25) is 0 Å². The highest BCUT2D eigenvalue weighted by Crippen LogP contribution is 2.08. The summed E-state index contributed by atoms with van der Waals surface area (Å²) in [6.45, 7) is 6.03. The van der Waals surface area contributed by atoms with E-state index in [0.717, 1.165) is 29.8 Å². The monoisotopic (exact) mass is 245 g/mol. The first-order chi connectivity index (χ1) is 8.60. The van der Waals surface area contributed by atoms with Crippen LogP contribution in [0.4, 0.5) is 0 Å². The Morgan fingerprint density at radius 2 is 1.94 bits per heavy atom. The number of hydrogen-bond donors (Lipinski definition) is 1. The predicted molar refractivity (Wildman–Crippen MR) is 70.6 cm³/mol. The van der Waals surface area contributed by atoms with Crippen LogP contribution in [-0.4, -0.2) is 25.8 Å². The van der Waals surface area contributed by atoms with E-state index in [1.807, 2.05) is 32.3 Å². The van der Waals surface area contributed by atoms with Gasteiger partial charge in [0.2, 0.25) is 0 Å². The van der Waals surface area contributed by atoms with Crippen LogP contribution in [0, 0.1) is 13.8 Å². The van der Waals surface area contributed by atoms with Crippen molar-refractivity contribution in [2.75, 3.05) is 0 Å². The Kier molecular flexibility index (Phi) is 3.72. The molecular weight excluding hydrogens is 226 g/mol. The maximum atomic E-state index is 5.91. The molecule has 1 atom stereocenters. The number of aromatic nitrogens is 4. The van der Waals surface area contributed by atoms with Crippen LogP contribution < -0.4 is 5.73 Å². The number of rotatable bonds is 4. The fraction of sp³-hybridized carbons (Fsp3) is 0.462. The molecule has 2 aromatic rings. The third kappa shape index (κ3) is 2.73. The van der Waals surface area contributed by atoms with E-state index in [9.17, 15) is 0 Å². The van der Waals surface area contributed by atoms with Gasteiger partial charge in [-0.25, -0.2) is 14.6 Å². The van der Waals surface area contributed by atoms with Crippen molar-refractivity contribution in [3.8, 4) is 5.95 Å². The van der Waals surface area contributed by atoms with Crippen LogP contribution in [0.2, 0.25) is 0 Å². The van der Waals surface area contributed by atoms with E-state index in [4.69, 9.17) is 5.73 Å². The number of nitrogens with zero attached hydrogens (tertiary/aromatic N) is 4. The average Bonchev–Trinajstić information content (AvgIpc) is 2.69. The van der Waals surface area contributed by atoms with Crippen molar-refractivity contribution < 1.29 is 0 Å². The molecule has 0 fully saturated rings. The SMILES string of the molecule is CCC(N)Cc1cnc(-n2nc(C)cc2C)nc1. The van der Waals surface area contributed by atoms with E-state index in [0.29, 0.717) is 5.95 Å². The highest BCUT2D eigenvalue weighted by Gasteiger charge is 2.07. The lowest BCUT2D eigenvalue weighted by Gasteiger charge is -2.08. The van der Waals surface area contributed by atoms with Crippen molar-refractivity contribution in [1.29, 1.82) is 0 Å². The lowest BCUT2D eigenvalue weighted by Crippen LogP contribution is -2.21. The summed E-state index contributed by atoms with van der Waals surface area (Å²) in [6, 6.07) is 2.18. The highest BCUT2D eigenvalue weighted by molar-refractivity contribution is 5.20. The molecule has 0 aliphatic rings. The molecule has 1 unspecified atom stereocenters. The predicted octanol–water partition coefficient (Wildman–Crippen LogP) is 1.56. The largest absolute Gasteiger partial charge is 0.327 e. The van der Waals surface area contributed by atoms with Gasteiger partial charge in [0.25, 0.3) is 5.95 Å². The fourth-order valence-electron chi connectivity index (χ4n) is 1.84. The van der Waals surface area contributed by atoms with Crippen LogP contribution >= 0.6 is 0 Å². The average molecular weight is 245 g/mol. The minimum atomic E-state index is 0.174. The second-order valence-electron chi connectivity index (χ2n) is 4.60. The van der Waals surface area contributed by atoms with Crippen LogP contribution in [0.15, 0.2) is 18.5 Å². The maximum Gasteiger partial charge on any atom is 0.250 e. The molecule has 2 heterocycles.